The topological polar surface area (TPSA) is 38.9 Å². The van der Waals surface area contributed by atoms with Gasteiger partial charge in [-0.05, 0) is 24.3 Å². The molecular formula is C11H7ClF2N2. The number of pyridine rings is 1. The Balaban J connectivity index is 2.58. The van der Waals surface area contributed by atoms with Crippen molar-refractivity contribution in [2.45, 2.75) is 0 Å². The minimum Gasteiger partial charge on any atom is -0.381 e. The van der Waals surface area contributed by atoms with Crippen molar-refractivity contribution >= 4 is 17.4 Å². The zero-order chi connectivity index (χ0) is 11.7. The van der Waals surface area contributed by atoms with Gasteiger partial charge in [0.05, 0.1) is 0 Å². The molecule has 0 fully saturated rings. The van der Waals surface area contributed by atoms with E-state index in [1.54, 1.807) is 0 Å². The summed E-state index contributed by atoms with van der Waals surface area (Å²) in [6.45, 7) is 0. The molecule has 0 bridgehead atoms. The molecule has 1 aromatic carbocycles. The van der Waals surface area contributed by atoms with Crippen molar-refractivity contribution in [2.75, 3.05) is 5.73 Å². The number of nitrogen functional groups attached to an aromatic ring is 1. The number of hydrogen-bond donors (Lipinski definition) is 1. The molecular weight excluding hydrogens is 234 g/mol. The maximum Gasteiger partial charge on any atom is 0.165 e. The van der Waals surface area contributed by atoms with Crippen LogP contribution in [0.2, 0.25) is 5.02 Å². The molecule has 0 radical (unpaired) electrons. The molecule has 0 spiro atoms. The maximum absolute atomic E-state index is 13.4. The highest BCUT2D eigenvalue weighted by molar-refractivity contribution is 6.30. The first-order chi connectivity index (χ1) is 7.58. The number of anilines is 1. The summed E-state index contributed by atoms with van der Waals surface area (Å²) in [5.74, 6) is -1.39. The Morgan fingerprint density at radius 1 is 1.12 bits per heavy atom. The number of rotatable bonds is 1. The summed E-state index contributed by atoms with van der Waals surface area (Å²) in [5, 5.41) is 0.369. The first-order valence-electron chi connectivity index (χ1n) is 4.44. The van der Waals surface area contributed by atoms with Gasteiger partial charge in [0, 0.05) is 22.3 Å². The van der Waals surface area contributed by atoms with Crippen LogP contribution in [0.3, 0.4) is 0 Å². The first-order valence-corrected chi connectivity index (χ1v) is 4.82. The van der Waals surface area contributed by atoms with Crippen LogP contribution in [0, 0.1) is 11.6 Å². The summed E-state index contributed by atoms with van der Waals surface area (Å²) in [6, 6.07) is 5.16. The molecule has 16 heavy (non-hydrogen) atoms. The second-order valence-electron chi connectivity index (χ2n) is 3.22. The van der Waals surface area contributed by atoms with E-state index < -0.39 is 11.6 Å². The Hall–Kier alpha value is -1.68. The number of hydrogen-bond acceptors (Lipinski definition) is 2. The molecule has 1 heterocycles. The normalized spacial score (nSPS) is 10.4. The zero-order valence-electron chi connectivity index (χ0n) is 8.05. The van der Waals surface area contributed by atoms with Gasteiger partial charge in [-0.15, -0.1) is 0 Å². The number of nitrogens with two attached hydrogens (primary N) is 1. The predicted molar refractivity (Wildman–Crippen MR) is 59.0 cm³/mol. The van der Waals surface area contributed by atoms with E-state index in [0.717, 1.165) is 6.07 Å². The monoisotopic (exact) mass is 240 g/mol. The van der Waals surface area contributed by atoms with Crippen LogP contribution in [0.15, 0.2) is 30.5 Å². The lowest BCUT2D eigenvalue weighted by Gasteiger charge is -2.04. The molecule has 2 rings (SSSR count). The lowest BCUT2D eigenvalue weighted by atomic mass is 10.1. The minimum atomic E-state index is -0.683. The SMILES string of the molecule is Nc1ncc(-c2cc(Cl)ccc2F)cc1F. The Kier molecular flexibility index (Phi) is 2.75. The number of nitrogens with zero attached hydrogens (tertiary/aromatic N) is 1. The first kappa shape index (κ1) is 10.8. The van der Waals surface area contributed by atoms with Gasteiger partial charge in [-0.2, -0.15) is 0 Å². The summed E-state index contributed by atoms with van der Waals surface area (Å²) >= 11 is 5.73. The average molecular weight is 241 g/mol. The van der Waals surface area contributed by atoms with Crippen molar-refractivity contribution < 1.29 is 8.78 Å². The van der Waals surface area contributed by atoms with Crippen molar-refractivity contribution in [3.8, 4) is 11.1 Å². The van der Waals surface area contributed by atoms with E-state index >= 15 is 0 Å². The van der Waals surface area contributed by atoms with Gasteiger partial charge < -0.3 is 5.73 Å². The summed E-state index contributed by atoms with van der Waals surface area (Å²) < 4.78 is 26.6. The second-order valence-corrected chi connectivity index (χ2v) is 3.65. The molecule has 0 aliphatic heterocycles. The fraction of sp³-hybridized carbons (Fsp3) is 0. The number of benzene rings is 1. The van der Waals surface area contributed by atoms with Gasteiger partial charge in [-0.25, -0.2) is 13.8 Å². The van der Waals surface area contributed by atoms with Crippen LogP contribution in [0.5, 0.6) is 0 Å². The molecule has 0 unspecified atom stereocenters. The Morgan fingerprint density at radius 2 is 1.88 bits per heavy atom. The quantitative estimate of drug-likeness (QED) is 0.831. The molecule has 0 saturated heterocycles. The Morgan fingerprint density at radius 3 is 2.56 bits per heavy atom. The van der Waals surface area contributed by atoms with Gasteiger partial charge >= 0.3 is 0 Å². The van der Waals surface area contributed by atoms with Gasteiger partial charge in [0.15, 0.2) is 11.6 Å². The van der Waals surface area contributed by atoms with Crippen molar-refractivity contribution in [2.24, 2.45) is 0 Å². The van der Waals surface area contributed by atoms with E-state index in [2.05, 4.69) is 4.98 Å². The van der Waals surface area contributed by atoms with Crippen molar-refractivity contribution in [1.29, 1.82) is 0 Å². The van der Waals surface area contributed by atoms with Crippen LogP contribution in [0.25, 0.3) is 11.1 Å². The molecule has 0 amide bonds. The van der Waals surface area contributed by atoms with Gasteiger partial charge in [0.25, 0.3) is 0 Å². The summed E-state index contributed by atoms with van der Waals surface area (Å²) in [5.41, 5.74) is 5.72. The van der Waals surface area contributed by atoms with Crippen LogP contribution in [-0.2, 0) is 0 Å². The molecule has 0 aliphatic carbocycles. The minimum absolute atomic E-state index is 0.193. The van der Waals surface area contributed by atoms with Crippen molar-refractivity contribution in [3.63, 3.8) is 0 Å². The number of aromatic nitrogens is 1. The highest BCUT2D eigenvalue weighted by atomic mass is 35.5. The third-order valence-electron chi connectivity index (χ3n) is 2.11. The second kappa shape index (κ2) is 4.06. The summed E-state index contributed by atoms with van der Waals surface area (Å²) in [4.78, 5) is 3.62. The van der Waals surface area contributed by atoms with Gasteiger partial charge in [-0.3, -0.25) is 0 Å². The molecule has 5 heteroatoms. The molecule has 82 valence electrons. The third kappa shape index (κ3) is 1.97. The van der Waals surface area contributed by atoms with Crippen LogP contribution >= 0.6 is 11.6 Å². The van der Waals surface area contributed by atoms with Crippen LogP contribution in [0.4, 0.5) is 14.6 Å². The molecule has 1 aromatic heterocycles. The molecule has 2 aromatic rings. The molecule has 0 atom stereocenters. The van der Waals surface area contributed by atoms with E-state index in [4.69, 9.17) is 17.3 Å². The molecule has 0 aliphatic rings. The predicted octanol–water partition coefficient (Wildman–Crippen LogP) is 3.26. The standard InChI is InChI=1S/C11H7ClF2N2/c12-7-1-2-9(13)8(4-7)6-3-10(14)11(15)16-5-6/h1-5H,(H2,15,16). The molecule has 2 nitrogen and oxygen atoms in total. The third-order valence-corrected chi connectivity index (χ3v) is 2.34. The van der Waals surface area contributed by atoms with Crippen molar-refractivity contribution in [1.82, 2.24) is 4.98 Å². The fourth-order valence-corrected chi connectivity index (χ4v) is 1.49. The van der Waals surface area contributed by atoms with Crippen LogP contribution < -0.4 is 5.73 Å². The van der Waals surface area contributed by atoms with E-state index in [1.165, 1.54) is 24.4 Å². The van der Waals surface area contributed by atoms with E-state index in [-0.39, 0.29) is 11.4 Å². The smallest absolute Gasteiger partial charge is 0.165 e. The van der Waals surface area contributed by atoms with E-state index in [9.17, 15) is 8.78 Å². The Labute approximate surface area is 95.7 Å². The zero-order valence-corrected chi connectivity index (χ0v) is 8.80. The Bertz CT molecular complexity index is 544. The lowest BCUT2D eigenvalue weighted by molar-refractivity contribution is 0.624. The molecule has 0 saturated carbocycles. The average Bonchev–Trinajstić information content (AvgIpc) is 2.26. The van der Waals surface area contributed by atoms with E-state index in [1.807, 2.05) is 0 Å². The van der Waals surface area contributed by atoms with Gasteiger partial charge in [-0.1, -0.05) is 11.6 Å². The lowest BCUT2D eigenvalue weighted by Crippen LogP contribution is -1.95. The number of halogens is 3. The van der Waals surface area contributed by atoms with Gasteiger partial charge in [0.1, 0.15) is 5.82 Å². The highest BCUT2D eigenvalue weighted by Crippen LogP contribution is 2.26. The molecule has 2 N–H and O–H groups in total. The van der Waals surface area contributed by atoms with Gasteiger partial charge in [0.2, 0.25) is 0 Å². The van der Waals surface area contributed by atoms with E-state index in [0.29, 0.717) is 10.6 Å². The fourth-order valence-electron chi connectivity index (χ4n) is 1.31. The largest absolute Gasteiger partial charge is 0.381 e. The van der Waals surface area contributed by atoms with Crippen LogP contribution in [0.1, 0.15) is 0 Å². The van der Waals surface area contributed by atoms with Crippen LogP contribution in [-0.4, -0.2) is 4.98 Å². The summed E-state index contributed by atoms with van der Waals surface area (Å²) in [7, 11) is 0. The van der Waals surface area contributed by atoms with Crippen molar-refractivity contribution in [3.05, 3.63) is 47.1 Å². The summed E-state index contributed by atoms with van der Waals surface area (Å²) in [6.07, 6.45) is 1.30. The highest BCUT2D eigenvalue weighted by Gasteiger charge is 2.08. The maximum atomic E-state index is 13.4.